The molecular formula is C11H13Cl2NO2. The Bertz CT molecular complexity index is 382. The van der Waals surface area contributed by atoms with Crippen LogP contribution in [0, 0.1) is 0 Å². The lowest BCUT2D eigenvalue weighted by molar-refractivity contribution is -0.108. The van der Waals surface area contributed by atoms with Crippen molar-refractivity contribution >= 4 is 29.5 Å². The number of halogens is 2. The summed E-state index contributed by atoms with van der Waals surface area (Å²) in [5.74, 6) is 0.549. The van der Waals surface area contributed by atoms with Gasteiger partial charge < -0.3 is 9.53 Å². The largest absolute Gasteiger partial charge is 0.495 e. The van der Waals surface area contributed by atoms with Gasteiger partial charge in [0.2, 0.25) is 0 Å². The molecule has 5 heteroatoms. The van der Waals surface area contributed by atoms with Crippen LogP contribution in [0.3, 0.4) is 0 Å². The van der Waals surface area contributed by atoms with Gasteiger partial charge in [0.05, 0.1) is 18.7 Å². The molecule has 0 aliphatic heterocycles. The molecule has 0 saturated heterocycles. The van der Waals surface area contributed by atoms with Gasteiger partial charge >= 0.3 is 0 Å². The summed E-state index contributed by atoms with van der Waals surface area (Å²) in [5.41, 5.74) is 0.872. The highest BCUT2D eigenvalue weighted by Crippen LogP contribution is 2.31. The summed E-state index contributed by atoms with van der Waals surface area (Å²) >= 11 is 12.1. The molecule has 0 aliphatic rings. The van der Waals surface area contributed by atoms with Gasteiger partial charge in [-0.3, -0.25) is 4.90 Å². The van der Waals surface area contributed by atoms with E-state index >= 15 is 0 Å². The summed E-state index contributed by atoms with van der Waals surface area (Å²) in [7, 11) is 3.37. The summed E-state index contributed by atoms with van der Waals surface area (Å²) in [6.07, 6.45) is 0.846. The summed E-state index contributed by atoms with van der Waals surface area (Å²) < 4.78 is 5.05. The molecular weight excluding hydrogens is 249 g/mol. The van der Waals surface area contributed by atoms with Crippen molar-refractivity contribution in [2.45, 2.75) is 6.54 Å². The number of ether oxygens (including phenoxy) is 1. The molecule has 0 aromatic heterocycles. The number of nitrogens with zero attached hydrogens (tertiary/aromatic N) is 1. The molecule has 0 saturated carbocycles. The van der Waals surface area contributed by atoms with Gasteiger partial charge in [-0.15, -0.1) is 0 Å². The minimum atomic E-state index is 0.361. The monoisotopic (exact) mass is 261 g/mol. The van der Waals surface area contributed by atoms with Crippen molar-refractivity contribution in [2.24, 2.45) is 0 Å². The number of benzene rings is 1. The average molecular weight is 262 g/mol. The Balaban J connectivity index is 2.88. The Hall–Kier alpha value is -0.770. The average Bonchev–Trinajstić information content (AvgIpc) is 2.23. The number of rotatable bonds is 5. The van der Waals surface area contributed by atoms with Crippen LogP contribution < -0.4 is 4.74 Å². The van der Waals surface area contributed by atoms with E-state index < -0.39 is 0 Å². The smallest absolute Gasteiger partial charge is 0.138 e. The van der Waals surface area contributed by atoms with Gasteiger partial charge in [-0.25, -0.2) is 0 Å². The number of likely N-dealkylation sites (N-methyl/N-ethyl adjacent to an activating group) is 1. The zero-order valence-corrected chi connectivity index (χ0v) is 10.7. The Kier molecular flexibility index (Phi) is 5.06. The van der Waals surface area contributed by atoms with Crippen molar-refractivity contribution in [3.05, 3.63) is 27.7 Å². The van der Waals surface area contributed by atoms with Crippen molar-refractivity contribution in [3.8, 4) is 5.75 Å². The molecule has 1 aromatic rings. The van der Waals surface area contributed by atoms with E-state index in [0.29, 0.717) is 28.9 Å². The van der Waals surface area contributed by atoms with E-state index in [9.17, 15) is 4.79 Å². The second-order valence-corrected chi connectivity index (χ2v) is 4.26. The Morgan fingerprint density at radius 3 is 2.62 bits per heavy atom. The van der Waals surface area contributed by atoms with Gasteiger partial charge in [-0.1, -0.05) is 23.2 Å². The van der Waals surface area contributed by atoms with Crippen LogP contribution >= 0.6 is 23.2 Å². The molecule has 0 aliphatic carbocycles. The highest BCUT2D eigenvalue weighted by Gasteiger charge is 2.09. The Morgan fingerprint density at radius 1 is 1.38 bits per heavy atom. The quantitative estimate of drug-likeness (QED) is 0.764. The normalized spacial score (nSPS) is 10.6. The van der Waals surface area contributed by atoms with Crippen LogP contribution in [0.2, 0.25) is 10.0 Å². The molecule has 0 bridgehead atoms. The van der Waals surface area contributed by atoms with Crippen LogP contribution in [0.25, 0.3) is 0 Å². The van der Waals surface area contributed by atoms with E-state index in [0.717, 1.165) is 11.8 Å². The molecule has 0 amide bonds. The molecule has 88 valence electrons. The van der Waals surface area contributed by atoms with Gasteiger partial charge in [-0.2, -0.15) is 0 Å². The molecule has 0 heterocycles. The number of methoxy groups -OCH3 is 1. The number of aldehydes is 1. The van der Waals surface area contributed by atoms with Crippen LogP contribution in [0.1, 0.15) is 5.56 Å². The van der Waals surface area contributed by atoms with Crippen LogP contribution in [0.5, 0.6) is 5.75 Å². The highest BCUT2D eigenvalue weighted by atomic mass is 35.5. The van der Waals surface area contributed by atoms with E-state index in [-0.39, 0.29) is 0 Å². The predicted molar refractivity (Wildman–Crippen MR) is 65.4 cm³/mol. The maximum atomic E-state index is 10.3. The Labute approximate surface area is 105 Å². The first-order chi connectivity index (χ1) is 7.58. The lowest BCUT2D eigenvalue weighted by atomic mass is 10.2. The summed E-state index contributed by atoms with van der Waals surface area (Å²) in [6.45, 7) is 0.932. The standard InChI is InChI=1S/C11H13Cl2NO2/c1-14(3-4-15)7-8-5-10(13)11(16-2)6-9(8)12/h4-6H,3,7H2,1-2H3. The molecule has 1 rings (SSSR count). The first-order valence-corrected chi connectivity index (χ1v) is 5.48. The van der Waals surface area contributed by atoms with E-state index in [1.807, 2.05) is 11.9 Å². The number of hydrogen-bond donors (Lipinski definition) is 0. The van der Waals surface area contributed by atoms with Crippen molar-refractivity contribution < 1.29 is 9.53 Å². The number of carbonyl (C=O) groups excluding carboxylic acids is 1. The van der Waals surface area contributed by atoms with Gasteiger partial charge in [0.15, 0.2) is 0 Å². The van der Waals surface area contributed by atoms with Gasteiger partial charge in [0, 0.05) is 17.6 Å². The van der Waals surface area contributed by atoms with Crippen LogP contribution in [0.4, 0.5) is 0 Å². The zero-order valence-electron chi connectivity index (χ0n) is 9.17. The molecule has 0 unspecified atom stereocenters. The highest BCUT2D eigenvalue weighted by molar-refractivity contribution is 6.34. The summed E-state index contributed by atoms with van der Waals surface area (Å²) in [6, 6.07) is 3.43. The zero-order chi connectivity index (χ0) is 12.1. The second kappa shape index (κ2) is 6.09. The van der Waals surface area contributed by atoms with Crippen LogP contribution in [-0.4, -0.2) is 31.9 Å². The first kappa shape index (κ1) is 13.3. The van der Waals surface area contributed by atoms with Crippen LogP contribution in [0.15, 0.2) is 12.1 Å². The third kappa shape index (κ3) is 3.37. The fourth-order valence-electron chi connectivity index (χ4n) is 1.33. The predicted octanol–water partition coefficient (Wildman–Crippen LogP) is 2.63. The third-order valence-corrected chi connectivity index (χ3v) is 2.79. The second-order valence-electron chi connectivity index (χ2n) is 3.44. The molecule has 0 spiro atoms. The van der Waals surface area contributed by atoms with Crippen molar-refractivity contribution in [3.63, 3.8) is 0 Å². The van der Waals surface area contributed by atoms with Gasteiger partial charge in [-0.05, 0) is 18.7 Å². The molecule has 3 nitrogen and oxygen atoms in total. The molecule has 0 radical (unpaired) electrons. The molecule has 0 N–H and O–H groups in total. The van der Waals surface area contributed by atoms with E-state index in [4.69, 9.17) is 27.9 Å². The molecule has 0 fully saturated rings. The molecule has 0 atom stereocenters. The third-order valence-electron chi connectivity index (χ3n) is 2.15. The fraction of sp³-hybridized carbons (Fsp3) is 0.364. The Morgan fingerprint density at radius 2 is 2.06 bits per heavy atom. The summed E-state index contributed by atoms with van der Waals surface area (Å²) in [4.78, 5) is 12.2. The van der Waals surface area contributed by atoms with Crippen molar-refractivity contribution in [2.75, 3.05) is 20.7 Å². The first-order valence-electron chi connectivity index (χ1n) is 4.72. The minimum Gasteiger partial charge on any atom is -0.495 e. The maximum Gasteiger partial charge on any atom is 0.138 e. The number of carbonyl (C=O) groups is 1. The van der Waals surface area contributed by atoms with Crippen molar-refractivity contribution in [1.82, 2.24) is 4.90 Å². The molecule has 1 aromatic carbocycles. The van der Waals surface area contributed by atoms with Crippen LogP contribution in [-0.2, 0) is 11.3 Å². The summed E-state index contributed by atoms with van der Waals surface area (Å²) in [5, 5.41) is 1.10. The van der Waals surface area contributed by atoms with Crippen molar-refractivity contribution in [1.29, 1.82) is 0 Å². The van der Waals surface area contributed by atoms with Gasteiger partial charge in [0.1, 0.15) is 12.0 Å². The van der Waals surface area contributed by atoms with E-state index in [2.05, 4.69) is 0 Å². The SMILES string of the molecule is COc1cc(Cl)c(CN(C)CC=O)cc1Cl. The van der Waals surface area contributed by atoms with E-state index in [1.54, 1.807) is 12.1 Å². The van der Waals surface area contributed by atoms with Gasteiger partial charge in [0.25, 0.3) is 0 Å². The molecule has 16 heavy (non-hydrogen) atoms. The maximum absolute atomic E-state index is 10.3. The van der Waals surface area contributed by atoms with E-state index in [1.165, 1.54) is 7.11 Å². The topological polar surface area (TPSA) is 29.5 Å². The lowest BCUT2D eigenvalue weighted by Gasteiger charge is -2.15. The minimum absolute atomic E-state index is 0.361. The number of hydrogen-bond acceptors (Lipinski definition) is 3. The lowest BCUT2D eigenvalue weighted by Crippen LogP contribution is -2.20. The fourth-order valence-corrected chi connectivity index (χ4v) is 1.81.